The summed E-state index contributed by atoms with van der Waals surface area (Å²) in [6, 6.07) is 8.06. The molecule has 1 saturated heterocycles. The molecule has 1 heterocycles. The van der Waals surface area contributed by atoms with Crippen LogP contribution >= 0.6 is 0 Å². The molecule has 1 aliphatic carbocycles. The van der Waals surface area contributed by atoms with Gasteiger partial charge >= 0.3 is 5.97 Å². The summed E-state index contributed by atoms with van der Waals surface area (Å²) in [6.45, 7) is 2.98. The Labute approximate surface area is 196 Å². The average molecular weight is 493 g/mol. The van der Waals surface area contributed by atoms with Crippen LogP contribution in [0.15, 0.2) is 36.4 Å². The molecule has 2 aromatic carbocycles. The number of hydrogen-bond donors (Lipinski definition) is 0. The van der Waals surface area contributed by atoms with E-state index in [1.165, 1.54) is 30.3 Å². The molecular formula is C23H25FN2O7S. The minimum Gasteiger partial charge on any atom is -0.491 e. The van der Waals surface area contributed by atoms with Crippen LogP contribution in [0.5, 0.6) is 5.75 Å². The Morgan fingerprint density at radius 3 is 2.65 bits per heavy atom. The predicted molar refractivity (Wildman–Crippen MR) is 121 cm³/mol. The molecule has 0 aromatic heterocycles. The van der Waals surface area contributed by atoms with E-state index in [1.54, 1.807) is 13.0 Å². The molecule has 0 radical (unpaired) electrons. The lowest BCUT2D eigenvalue weighted by atomic mass is 9.98. The van der Waals surface area contributed by atoms with E-state index in [0.29, 0.717) is 38.0 Å². The third-order valence-electron chi connectivity index (χ3n) is 6.33. The lowest BCUT2D eigenvalue weighted by molar-refractivity contribution is -0.384. The minimum atomic E-state index is -3.01. The number of benzene rings is 2. The number of nitro benzene ring substituents is 1. The zero-order valence-electron chi connectivity index (χ0n) is 18.7. The minimum absolute atomic E-state index is 0.00453. The molecule has 1 aliphatic heterocycles. The Kier molecular flexibility index (Phi) is 6.59. The summed E-state index contributed by atoms with van der Waals surface area (Å²) in [5, 5.41) is 11.2. The lowest BCUT2D eigenvalue weighted by Gasteiger charge is -2.27. The predicted octanol–water partition coefficient (Wildman–Crippen LogP) is 2.86. The van der Waals surface area contributed by atoms with Gasteiger partial charge in [0, 0.05) is 31.3 Å². The van der Waals surface area contributed by atoms with E-state index in [2.05, 4.69) is 0 Å². The van der Waals surface area contributed by atoms with Gasteiger partial charge in [-0.05, 0) is 43.5 Å². The van der Waals surface area contributed by atoms with E-state index >= 15 is 0 Å². The molecule has 0 N–H and O–H groups in total. The van der Waals surface area contributed by atoms with Gasteiger partial charge in [0.15, 0.2) is 9.84 Å². The molecule has 0 amide bonds. The SMILES string of the molecule is CC1(OC(=O)c2ccc([N+](=O)[O-])cc2OCCN2CCS(=O)(=O)CC2)CCc2ccc(F)cc21. The molecule has 0 bridgehead atoms. The maximum absolute atomic E-state index is 13.8. The van der Waals surface area contributed by atoms with Crippen LogP contribution in [0.3, 0.4) is 0 Å². The van der Waals surface area contributed by atoms with Crippen LogP contribution in [0.2, 0.25) is 0 Å². The molecule has 4 rings (SSSR count). The number of rotatable bonds is 7. The summed E-state index contributed by atoms with van der Waals surface area (Å²) >= 11 is 0. The lowest BCUT2D eigenvalue weighted by Crippen LogP contribution is -2.42. The van der Waals surface area contributed by atoms with E-state index in [-0.39, 0.29) is 35.1 Å². The Bertz CT molecular complexity index is 1220. The summed E-state index contributed by atoms with van der Waals surface area (Å²) in [6.07, 6.45) is 1.12. The summed E-state index contributed by atoms with van der Waals surface area (Å²) in [5.41, 5.74) is 0.256. The van der Waals surface area contributed by atoms with E-state index in [1.807, 2.05) is 4.90 Å². The number of aryl methyl sites for hydroxylation is 1. The van der Waals surface area contributed by atoms with Crippen LogP contribution < -0.4 is 4.74 Å². The first-order valence-corrected chi connectivity index (χ1v) is 12.7. The van der Waals surface area contributed by atoms with Gasteiger partial charge in [-0.25, -0.2) is 17.6 Å². The number of halogens is 1. The van der Waals surface area contributed by atoms with Crippen molar-refractivity contribution in [2.75, 3.05) is 37.7 Å². The monoisotopic (exact) mass is 492 g/mol. The fraction of sp³-hybridized carbons (Fsp3) is 0.435. The van der Waals surface area contributed by atoms with Crippen molar-refractivity contribution in [3.8, 4) is 5.75 Å². The van der Waals surface area contributed by atoms with E-state index in [9.17, 15) is 27.7 Å². The van der Waals surface area contributed by atoms with Gasteiger partial charge in [0.2, 0.25) is 0 Å². The summed E-state index contributed by atoms with van der Waals surface area (Å²) < 4.78 is 48.5. The van der Waals surface area contributed by atoms with Crippen LogP contribution in [0, 0.1) is 15.9 Å². The van der Waals surface area contributed by atoms with Crippen molar-refractivity contribution < 1.29 is 32.0 Å². The highest BCUT2D eigenvalue weighted by molar-refractivity contribution is 7.91. The molecule has 0 saturated carbocycles. The number of fused-ring (bicyclic) bond motifs is 1. The Morgan fingerprint density at radius 1 is 1.21 bits per heavy atom. The van der Waals surface area contributed by atoms with Crippen LogP contribution in [-0.4, -0.2) is 62.0 Å². The number of carbonyl (C=O) groups excluding carboxylic acids is 1. The van der Waals surface area contributed by atoms with Crippen molar-refractivity contribution in [3.63, 3.8) is 0 Å². The number of esters is 1. The zero-order valence-corrected chi connectivity index (χ0v) is 19.5. The maximum atomic E-state index is 13.8. The Balaban J connectivity index is 1.50. The number of sulfone groups is 1. The van der Waals surface area contributed by atoms with Gasteiger partial charge < -0.3 is 9.47 Å². The first kappa shape index (κ1) is 24.1. The zero-order chi connectivity index (χ0) is 24.5. The number of nitro groups is 1. The largest absolute Gasteiger partial charge is 0.491 e. The maximum Gasteiger partial charge on any atom is 0.342 e. The van der Waals surface area contributed by atoms with E-state index in [0.717, 1.165) is 5.56 Å². The van der Waals surface area contributed by atoms with Crippen LogP contribution in [0.4, 0.5) is 10.1 Å². The average Bonchev–Trinajstić information content (AvgIpc) is 3.10. The second-order valence-corrected chi connectivity index (χ2v) is 11.0. The summed E-state index contributed by atoms with van der Waals surface area (Å²) in [7, 11) is -3.01. The van der Waals surface area contributed by atoms with E-state index in [4.69, 9.17) is 9.47 Å². The second kappa shape index (κ2) is 9.30. The molecule has 9 nitrogen and oxygen atoms in total. The summed E-state index contributed by atoms with van der Waals surface area (Å²) in [4.78, 5) is 25.7. The highest BCUT2D eigenvalue weighted by Gasteiger charge is 2.39. The number of ether oxygens (including phenoxy) is 2. The summed E-state index contributed by atoms with van der Waals surface area (Å²) in [5.74, 6) is -1.00. The molecule has 11 heteroatoms. The van der Waals surface area contributed by atoms with Gasteiger partial charge in [-0.15, -0.1) is 0 Å². The third kappa shape index (κ3) is 5.20. The Hall–Kier alpha value is -3.05. The normalized spacial score (nSPS) is 21.6. The van der Waals surface area contributed by atoms with Crippen molar-refractivity contribution >= 4 is 21.5 Å². The molecule has 2 aromatic rings. The van der Waals surface area contributed by atoms with Crippen molar-refractivity contribution in [1.29, 1.82) is 0 Å². The van der Waals surface area contributed by atoms with E-state index < -0.39 is 32.1 Å². The van der Waals surface area contributed by atoms with Crippen molar-refractivity contribution in [1.82, 2.24) is 4.90 Å². The molecule has 1 fully saturated rings. The smallest absolute Gasteiger partial charge is 0.342 e. The van der Waals surface area contributed by atoms with Crippen LogP contribution in [0.1, 0.15) is 34.8 Å². The third-order valence-corrected chi connectivity index (χ3v) is 7.94. The van der Waals surface area contributed by atoms with Gasteiger partial charge in [-0.2, -0.15) is 0 Å². The van der Waals surface area contributed by atoms with Crippen molar-refractivity contribution in [2.24, 2.45) is 0 Å². The first-order valence-electron chi connectivity index (χ1n) is 10.9. The number of hydrogen-bond acceptors (Lipinski definition) is 8. The fourth-order valence-corrected chi connectivity index (χ4v) is 5.58. The molecule has 34 heavy (non-hydrogen) atoms. The van der Waals surface area contributed by atoms with Crippen LogP contribution in [-0.2, 0) is 26.6 Å². The van der Waals surface area contributed by atoms with Gasteiger partial charge in [-0.3, -0.25) is 15.0 Å². The topological polar surface area (TPSA) is 116 Å². The van der Waals surface area contributed by atoms with Gasteiger partial charge in [-0.1, -0.05) is 6.07 Å². The molecule has 1 atom stereocenters. The molecule has 2 aliphatic rings. The van der Waals surface area contributed by atoms with Crippen molar-refractivity contribution in [3.05, 3.63) is 69.0 Å². The van der Waals surface area contributed by atoms with Crippen molar-refractivity contribution in [2.45, 2.75) is 25.4 Å². The quantitative estimate of drug-likeness (QED) is 0.329. The molecule has 0 spiro atoms. The Morgan fingerprint density at radius 2 is 1.94 bits per heavy atom. The second-order valence-electron chi connectivity index (χ2n) is 8.70. The highest BCUT2D eigenvalue weighted by atomic mass is 32.2. The number of carbonyl (C=O) groups is 1. The highest BCUT2D eigenvalue weighted by Crippen LogP contribution is 2.41. The molecule has 1 unspecified atom stereocenters. The fourth-order valence-electron chi connectivity index (χ4n) is 4.30. The number of non-ortho nitro benzene ring substituents is 1. The standard InChI is InChI=1S/C23H25FN2O7S/c1-23(7-6-16-2-3-17(24)14-20(16)23)33-22(27)19-5-4-18(26(28)29)15-21(19)32-11-8-25-9-12-34(30,31)13-10-25/h2-5,14-15H,6-13H2,1H3. The first-order chi connectivity index (χ1) is 16.1. The number of nitrogens with zero attached hydrogens (tertiary/aromatic N) is 2. The molecule has 182 valence electrons. The molecular weight excluding hydrogens is 467 g/mol. The van der Waals surface area contributed by atoms with Gasteiger partial charge in [0.05, 0.1) is 22.5 Å². The van der Waals surface area contributed by atoms with Gasteiger partial charge in [0.25, 0.3) is 5.69 Å². The van der Waals surface area contributed by atoms with Crippen LogP contribution in [0.25, 0.3) is 0 Å². The van der Waals surface area contributed by atoms with Gasteiger partial charge in [0.1, 0.15) is 29.3 Å².